The molecule has 2 heterocycles. The Morgan fingerprint density at radius 3 is 2.48 bits per heavy atom. The van der Waals surface area contributed by atoms with E-state index in [1.165, 1.54) is 5.56 Å². The van der Waals surface area contributed by atoms with E-state index in [1.807, 2.05) is 48.0 Å². The van der Waals surface area contributed by atoms with Crippen molar-refractivity contribution in [3.63, 3.8) is 0 Å². The molecule has 0 unspecified atom stereocenters. The van der Waals surface area contributed by atoms with Gasteiger partial charge in [0.25, 0.3) is 0 Å². The van der Waals surface area contributed by atoms with Crippen LogP contribution < -0.4 is 0 Å². The second-order valence-electron chi connectivity index (χ2n) is 5.22. The SMILES string of the molecule is Cc1ccc2nc3c(C)nn(-c4ccccc4)c3nc2c1. The van der Waals surface area contributed by atoms with E-state index in [4.69, 9.17) is 9.97 Å². The maximum atomic E-state index is 4.77. The number of hydrogen-bond donors (Lipinski definition) is 0. The summed E-state index contributed by atoms with van der Waals surface area (Å²) in [5.74, 6) is 0. The number of aromatic nitrogens is 4. The fourth-order valence-electron chi connectivity index (χ4n) is 2.54. The fourth-order valence-corrected chi connectivity index (χ4v) is 2.54. The van der Waals surface area contributed by atoms with Crippen LogP contribution in [0.1, 0.15) is 11.3 Å². The van der Waals surface area contributed by atoms with Crippen molar-refractivity contribution in [2.75, 3.05) is 0 Å². The van der Waals surface area contributed by atoms with Crippen LogP contribution in [0.3, 0.4) is 0 Å². The number of nitrogens with zero attached hydrogens (tertiary/aromatic N) is 4. The standard InChI is InChI=1S/C17H14N4/c1-11-8-9-14-15(10-11)19-17-16(18-14)12(2)20-21(17)13-6-4-3-5-7-13/h3-10H,1-2H3. The highest BCUT2D eigenvalue weighted by Crippen LogP contribution is 2.22. The molecule has 0 spiro atoms. The van der Waals surface area contributed by atoms with E-state index in [9.17, 15) is 0 Å². The number of benzene rings is 2. The Balaban J connectivity index is 2.09. The molecule has 0 amide bonds. The van der Waals surface area contributed by atoms with Gasteiger partial charge in [-0.2, -0.15) is 5.10 Å². The van der Waals surface area contributed by atoms with Gasteiger partial charge in [0.15, 0.2) is 5.65 Å². The Morgan fingerprint density at radius 1 is 0.857 bits per heavy atom. The van der Waals surface area contributed by atoms with Gasteiger partial charge >= 0.3 is 0 Å². The van der Waals surface area contributed by atoms with Crippen LogP contribution in [-0.2, 0) is 0 Å². The van der Waals surface area contributed by atoms with Gasteiger partial charge in [0.2, 0.25) is 0 Å². The van der Waals surface area contributed by atoms with Crippen molar-refractivity contribution in [2.45, 2.75) is 13.8 Å². The van der Waals surface area contributed by atoms with Crippen molar-refractivity contribution in [1.29, 1.82) is 0 Å². The lowest BCUT2D eigenvalue weighted by atomic mass is 10.2. The van der Waals surface area contributed by atoms with Gasteiger partial charge in [-0.15, -0.1) is 0 Å². The Bertz CT molecular complexity index is 955. The molecule has 0 saturated carbocycles. The maximum Gasteiger partial charge on any atom is 0.182 e. The van der Waals surface area contributed by atoms with Crippen LogP contribution in [0.5, 0.6) is 0 Å². The molecule has 102 valence electrons. The second-order valence-corrected chi connectivity index (χ2v) is 5.22. The molecule has 0 bridgehead atoms. The Labute approximate surface area is 122 Å². The van der Waals surface area contributed by atoms with Crippen molar-refractivity contribution in [3.8, 4) is 5.69 Å². The molecule has 0 radical (unpaired) electrons. The average molecular weight is 274 g/mol. The largest absolute Gasteiger partial charge is 0.241 e. The van der Waals surface area contributed by atoms with Gasteiger partial charge in [0.1, 0.15) is 5.52 Å². The van der Waals surface area contributed by atoms with Crippen LogP contribution in [0.25, 0.3) is 27.9 Å². The predicted octanol–water partition coefficient (Wildman–Crippen LogP) is 3.59. The molecule has 2 aromatic carbocycles. The van der Waals surface area contributed by atoms with Crippen molar-refractivity contribution in [1.82, 2.24) is 19.7 Å². The van der Waals surface area contributed by atoms with Gasteiger partial charge in [0, 0.05) is 0 Å². The van der Waals surface area contributed by atoms with E-state index in [-0.39, 0.29) is 0 Å². The maximum absolute atomic E-state index is 4.77. The van der Waals surface area contributed by atoms with Crippen LogP contribution in [0.15, 0.2) is 48.5 Å². The van der Waals surface area contributed by atoms with Crippen LogP contribution in [-0.4, -0.2) is 19.7 Å². The van der Waals surface area contributed by atoms with Crippen molar-refractivity contribution < 1.29 is 0 Å². The molecule has 2 aromatic heterocycles. The zero-order valence-corrected chi connectivity index (χ0v) is 11.9. The van der Waals surface area contributed by atoms with Gasteiger partial charge in [0.05, 0.1) is 22.4 Å². The highest BCUT2D eigenvalue weighted by molar-refractivity contribution is 5.86. The first-order chi connectivity index (χ1) is 10.2. The van der Waals surface area contributed by atoms with Crippen molar-refractivity contribution in [2.24, 2.45) is 0 Å². The number of rotatable bonds is 1. The summed E-state index contributed by atoms with van der Waals surface area (Å²) in [6, 6.07) is 16.2. The first kappa shape index (κ1) is 12.0. The molecule has 0 aliphatic carbocycles. The summed E-state index contributed by atoms with van der Waals surface area (Å²) in [6.07, 6.45) is 0. The van der Waals surface area contributed by atoms with E-state index in [0.29, 0.717) is 0 Å². The quantitative estimate of drug-likeness (QED) is 0.533. The van der Waals surface area contributed by atoms with E-state index >= 15 is 0 Å². The Kier molecular flexibility index (Phi) is 2.51. The average Bonchev–Trinajstić information content (AvgIpc) is 2.82. The minimum atomic E-state index is 0.803. The molecule has 4 aromatic rings. The zero-order valence-electron chi connectivity index (χ0n) is 11.9. The highest BCUT2D eigenvalue weighted by atomic mass is 15.3. The molecular weight excluding hydrogens is 260 g/mol. The highest BCUT2D eigenvalue weighted by Gasteiger charge is 2.13. The smallest absolute Gasteiger partial charge is 0.182 e. The third-order valence-corrected chi connectivity index (χ3v) is 3.60. The Hall–Kier alpha value is -2.75. The molecule has 0 atom stereocenters. The third-order valence-electron chi connectivity index (χ3n) is 3.60. The Morgan fingerprint density at radius 2 is 1.67 bits per heavy atom. The third kappa shape index (κ3) is 1.88. The van der Waals surface area contributed by atoms with Crippen molar-refractivity contribution >= 4 is 22.2 Å². The number of para-hydroxylation sites is 1. The fraction of sp³-hybridized carbons (Fsp3) is 0.118. The minimum absolute atomic E-state index is 0.803. The van der Waals surface area contributed by atoms with Gasteiger partial charge in [-0.3, -0.25) is 0 Å². The molecule has 0 saturated heterocycles. The van der Waals surface area contributed by atoms with Crippen LogP contribution >= 0.6 is 0 Å². The summed E-state index contributed by atoms with van der Waals surface area (Å²) in [7, 11) is 0. The van der Waals surface area contributed by atoms with E-state index in [1.54, 1.807) is 0 Å². The predicted molar refractivity (Wildman–Crippen MR) is 83.6 cm³/mol. The monoisotopic (exact) mass is 274 g/mol. The molecule has 0 N–H and O–H groups in total. The normalized spacial score (nSPS) is 11.3. The summed E-state index contributed by atoms with van der Waals surface area (Å²) in [5.41, 5.74) is 6.54. The summed E-state index contributed by atoms with van der Waals surface area (Å²) < 4.78 is 1.86. The van der Waals surface area contributed by atoms with Crippen LogP contribution in [0, 0.1) is 13.8 Å². The number of hydrogen-bond acceptors (Lipinski definition) is 3. The zero-order chi connectivity index (χ0) is 14.4. The van der Waals surface area contributed by atoms with E-state index in [2.05, 4.69) is 24.2 Å². The number of fused-ring (bicyclic) bond motifs is 2. The molecule has 0 aliphatic heterocycles. The molecule has 0 aliphatic rings. The van der Waals surface area contributed by atoms with E-state index in [0.717, 1.165) is 33.6 Å². The topological polar surface area (TPSA) is 43.6 Å². The summed E-state index contributed by atoms with van der Waals surface area (Å²) in [5, 5.41) is 4.60. The lowest BCUT2D eigenvalue weighted by Gasteiger charge is -2.03. The molecule has 4 rings (SSSR count). The lowest BCUT2D eigenvalue weighted by Crippen LogP contribution is -1.98. The summed E-state index contributed by atoms with van der Waals surface area (Å²) in [4.78, 5) is 9.49. The van der Waals surface area contributed by atoms with Crippen LogP contribution in [0.4, 0.5) is 0 Å². The van der Waals surface area contributed by atoms with Crippen LogP contribution in [0.2, 0.25) is 0 Å². The van der Waals surface area contributed by atoms with E-state index < -0.39 is 0 Å². The first-order valence-electron chi connectivity index (χ1n) is 6.91. The molecule has 4 heteroatoms. The summed E-state index contributed by atoms with van der Waals surface area (Å²) >= 11 is 0. The van der Waals surface area contributed by atoms with Crippen molar-refractivity contribution in [3.05, 3.63) is 59.8 Å². The van der Waals surface area contributed by atoms with Gasteiger partial charge in [-0.25, -0.2) is 14.6 Å². The van der Waals surface area contributed by atoms with Gasteiger partial charge in [-0.05, 0) is 43.7 Å². The molecule has 4 nitrogen and oxygen atoms in total. The number of aryl methyl sites for hydroxylation is 2. The molecule has 0 fully saturated rings. The minimum Gasteiger partial charge on any atom is -0.241 e. The second kappa shape index (κ2) is 4.38. The summed E-state index contributed by atoms with van der Waals surface area (Å²) in [6.45, 7) is 4.03. The first-order valence-corrected chi connectivity index (χ1v) is 6.91. The molecule has 21 heavy (non-hydrogen) atoms. The molecular formula is C17H14N4. The van der Waals surface area contributed by atoms with Gasteiger partial charge in [-0.1, -0.05) is 24.3 Å². The van der Waals surface area contributed by atoms with Gasteiger partial charge < -0.3 is 0 Å². The lowest BCUT2D eigenvalue weighted by molar-refractivity contribution is 0.879.